The predicted molar refractivity (Wildman–Crippen MR) is 149 cm³/mol. The lowest BCUT2D eigenvalue weighted by Gasteiger charge is -2.27. The molecule has 4 heteroatoms. The van der Waals surface area contributed by atoms with Crippen molar-refractivity contribution in [2.45, 2.75) is 77.7 Å². The standard InChI is InChI=1S/C33H40N2O2/c1-6-28(26-13-15-27(16-14-26)33(3,4)5)30-29(17-12-23(2)25-18-20-34-21-19-25)31(36)35(32(30)37)22-24-10-8-7-9-11-24/h7-11,13-16,18-21,23,28-30H,6,12,17,22H2,1-5H3. The second kappa shape index (κ2) is 11.4. The van der Waals surface area contributed by atoms with Crippen molar-refractivity contribution < 1.29 is 9.59 Å². The number of aromatic nitrogens is 1. The van der Waals surface area contributed by atoms with Crippen LogP contribution in [0.3, 0.4) is 0 Å². The van der Waals surface area contributed by atoms with E-state index < -0.39 is 0 Å². The minimum atomic E-state index is -0.341. The van der Waals surface area contributed by atoms with Gasteiger partial charge in [-0.15, -0.1) is 0 Å². The highest BCUT2D eigenvalue weighted by Gasteiger charge is 2.50. The van der Waals surface area contributed by atoms with Crippen LogP contribution in [0.4, 0.5) is 0 Å². The molecule has 194 valence electrons. The Hall–Kier alpha value is -3.27. The molecule has 4 atom stereocenters. The Labute approximate surface area is 222 Å². The Morgan fingerprint density at radius 3 is 2.11 bits per heavy atom. The number of pyridine rings is 1. The van der Waals surface area contributed by atoms with Crippen LogP contribution in [0.25, 0.3) is 0 Å². The molecular weight excluding hydrogens is 456 g/mol. The van der Waals surface area contributed by atoms with Crippen LogP contribution >= 0.6 is 0 Å². The summed E-state index contributed by atoms with van der Waals surface area (Å²) < 4.78 is 0. The molecule has 1 aromatic heterocycles. The number of nitrogens with zero attached hydrogens (tertiary/aromatic N) is 2. The summed E-state index contributed by atoms with van der Waals surface area (Å²) in [6, 6.07) is 22.6. The quantitative estimate of drug-likeness (QED) is 0.293. The van der Waals surface area contributed by atoms with E-state index >= 15 is 0 Å². The molecule has 0 aliphatic carbocycles. The van der Waals surface area contributed by atoms with E-state index in [1.165, 1.54) is 16.0 Å². The van der Waals surface area contributed by atoms with Gasteiger partial charge in [-0.05, 0) is 70.9 Å². The molecule has 2 amide bonds. The third-order valence-electron chi connectivity index (χ3n) is 8.02. The summed E-state index contributed by atoms with van der Waals surface area (Å²) in [6.07, 6.45) is 5.99. The molecule has 0 N–H and O–H groups in total. The molecule has 2 heterocycles. The highest BCUT2D eigenvalue weighted by atomic mass is 16.2. The molecule has 1 saturated heterocycles. The van der Waals surface area contributed by atoms with Crippen LogP contribution < -0.4 is 0 Å². The van der Waals surface area contributed by atoms with Gasteiger partial charge in [0.15, 0.2) is 0 Å². The van der Waals surface area contributed by atoms with Gasteiger partial charge in [-0.2, -0.15) is 0 Å². The summed E-state index contributed by atoms with van der Waals surface area (Å²) in [4.78, 5) is 33.4. The van der Waals surface area contributed by atoms with Crippen molar-refractivity contribution in [3.63, 3.8) is 0 Å². The number of amides is 2. The third kappa shape index (κ3) is 6.01. The Bertz CT molecular complexity index is 1180. The van der Waals surface area contributed by atoms with Crippen molar-refractivity contribution in [3.05, 3.63) is 101 Å². The zero-order valence-electron chi connectivity index (χ0n) is 22.9. The van der Waals surface area contributed by atoms with Gasteiger partial charge in [-0.1, -0.05) is 89.2 Å². The molecule has 4 rings (SSSR count). The molecule has 1 aliphatic rings. The lowest BCUT2D eigenvalue weighted by atomic mass is 9.74. The summed E-state index contributed by atoms with van der Waals surface area (Å²) >= 11 is 0. The zero-order valence-corrected chi connectivity index (χ0v) is 22.9. The minimum Gasteiger partial charge on any atom is -0.278 e. The van der Waals surface area contributed by atoms with E-state index in [1.807, 2.05) is 54.9 Å². The van der Waals surface area contributed by atoms with Gasteiger partial charge in [0.2, 0.25) is 11.8 Å². The number of rotatable bonds is 9. The number of hydrogen-bond donors (Lipinski definition) is 0. The second-order valence-electron chi connectivity index (χ2n) is 11.5. The molecule has 0 radical (unpaired) electrons. The Morgan fingerprint density at radius 2 is 1.51 bits per heavy atom. The maximum atomic E-state index is 13.9. The van der Waals surface area contributed by atoms with Crippen molar-refractivity contribution in [2.75, 3.05) is 0 Å². The third-order valence-corrected chi connectivity index (χ3v) is 8.02. The first-order valence-corrected chi connectivity index (χ1v) is 13.6. The lowest BCUT2D eigenvalue weighted by Crippen LogP contribution is -2.31. The molecule has 0 saturated carbocycles. The topological polar surface area (TPSA) is 50.3 Å². The summed E-state index contributed by atoms with van der Waals surface area (Å²) in [5, 5.41) is 0. The molecule has 2 aromatic carbocycles. The molecular formula is C33H40N2O2. The maximum Gasteiger partial charge on any atom is 0.234 e. The number of carbonyl (C=O) groups excluding carboxylic acids is 2. The number of hydrogen-bond acceptors (Lipinski definition) is 3. The number of likely N-dealkylation sites (tertiary alicyclic amines) is 1. The van der Waals surface area contributed by atoms with Gasteiger partial charge in [-0.3, -0.25) is 19.5 Å². The lowest BCUT2D eigenvalue weighted by molar-refractivity contribution is -0.140. The average molecular weight is 497 g/mol. The summed E-state index contributed by atoms with van der Waals surface area (Å²) in [6.45, 7) is 11.3. The largest absolute Gasteiger partial charge is 0.278 e. The fourth-order valence-electron chi connectivity index (χ4n) is 5.71. The highest BCUT2D eigenvalue weighted by Crippen LogP contribution is 2.43. The van der Waals surface area contributed by atoms with Crippen LogP contribution in [0.2, 0.25) is 0 Å². The molecule has 4 nitrogen and oxygen atoms in total. The van der Waals surface area contributed by atoms with Crippen molar-refractivity contribution >= 4 is 11.8 Å². The Balaban J connectivity index is 1.63. The van der Waals surface area contributed by atoms with Crippen molar-refractivity contribution in [1.29, 1.82) is 0 Å². The summed E-state index contributed by atoms with van der Waals surface area (Å²) in [5.74, 6) is -0.403. The van der Waals surface area contributed by atoms with E-state index in [0.29, 0.717) is 18.9 Å². The normalized spacial score (nSPS) is 19.8. The Kier molecular flexibility index (Phi) is 8.26. The molecule has 1 fully saturated rings. The first kappa shape index (κ1) is 26.8. The van der Waals surface area contributed by atoms with E-state index in [9.17, 15) is 9.59 Å². The van der Waals surface area contributed by atoms with Crippen LogP contribution in [0.15, 0.2) is 79.1 Å². The zero-order chi connectivity index (χ0) is 26.6. The fraction of sp³-hybridized carbons (Fsp3) is 0.424. The second-order valence-corrected chi connectivity index (χ2v) is 11.5. The van der Waals surface area contributed by atoms with Gasteiger partial charge in [0.05, 0.1) is 18.4 Å². The van der Waals surface area contributed by atoms with Crippen molar-refractivity contribution in [1.82, 2.24) is 9.88 Å². The van der Waals surface area contributed by atoms with E-state index in [2.05, 4.69) is 63.9 Å². The Morgan fingerprint density at radius 1 is 0.865 bits per heavy atom. The van der Waals surface area contributed by atoms with Gasteiger partial charge in [0, 0.05) is 12.4 Å². The molecule has 0 bridgehead atoms. The molecule has 3 aromatic rings. The van der Waals surface area contributed by atoms with Crippen LogP contribution in [-0.2, 0) is 21.5 Å². The van der Waals surface area contributed by atoms with Gasteiger partial charge in [0.1, 0.15) is 0 Å². The summed E-state index contributed by atoms with van der Waals surface area (Å²) in [7, 11) is 0. The van der Waals surface area contributed by atoms with Crippen LogP contribution in [0, 0.1) is 11.8 Å². The number of imide groups is 1. The smallest absolute Gasteiger partial charge is 0.234 e. The van der Waals surface area contributed by atoms with Crippen LogP contribution in [0.5, 0.6) is 0 Å². The molecule has 4 unspecified atom stereocenters. The first-order chi connectivity index (χ1) is 17.7. The summed E-state index contributed by atoms with van der Waals surface area (Å²) in [5.41, 5.74) is 4.69. The first-order valence-electron chi connectivity index (χ1n) is 13.6. The van der Waals surface area contributed by atoms with Crippen molar-refractivity contribution in [3.8, 4) is 0 Å². The van der Waals surface area contributed by atoms with E-state index in [-0.39, 0.29) is 35.0 Å². The van der Waals surface area contributed by atoms with E-state index in [0.717, 1.165) is 24.0 Å². The number of benzene rings is 2. The maximum absolute atomic E-state index is 13.9. The SMILES string of the molecule is CCC(c1ccc(C(C)(C)C)cc1)C1C(=O)N(Cc2ccccc2)C(=O)C1CCC(C)c1ccncc1. The van der Waals surface area contributed by atoms with Gasteiger partial charge in [0.25, 0.3) is 0 Å². The molecule has 1 aliphatic heterocycles. The van der Waals surface area contributed by atoms with Crippen LogP contribution in [-0.4, -0.2) is 21.7 Å². The fourth-order valence-corrected chi connectivity index (χ4v) is 5.71. The molecule has 0 spiro atoms. The molecule has 37 heavy (non-hydrogen) atoms. The van der Waals surface area contributed by atoms with E-state index in [1.54, 1.807) is 0 Å². The average Bonchev–Trinajstić information content (AvgIpc) is 3.13. The predicted octanol–water partition coefficient (Wildman–Crippen LogP) is 7.26. The van der Waals surface area contributed by atoms with Crippen molar-refractivity contribution in [2.24, 2.45) is 11.8 Å². The monoisotopic (exact) mass is 496 g/mol. The van der Waals surface area contributed by atoms with Gasteiger partial charge < -0.3 is 0 Å². The van der Waals surface area contributed by atoms with E-state index in [4.69, 9.17) is 0 Å². The minimum absolute atomic E-state index is 0.00692. The van der Waals surface area contributed by atoms with Gasteiger partial charge in [-0.25, -0.2) is 0 Å². The van der Waals surface area contributed by atoms with Crippen LogP contribution in [0.1, 0.15) is 88.0 Å². The van der Waals surface area contributed by atoms with Gasteiger partial charge >= 0.3 is 0 Å². The number of carbonyl (C=O) groups is 2. The highest BCUT2D eigenvalue weighted by molar-refractivity contribution is 6.05.